The molecule has 0 bridgehead atoms. The number of aryl methyl sites for hydroxylation is 1. The average Bonchev–Trinajstić information content (AvgIpc) is 2.80. The van der Waals surface area contributed by atoms with Crippen LogP contribution in [-0.2, 0) is 0 Å². The topological polar surface area (TPSA) is 32.3 Å². The number of carbonyl (C=O) groups excluding carboxylic acids is 1. The lowest BCUT2D eigenvalue weighted by atomic mass is 10.1. The summed E-state index contributed by atoms with van der Waals surface area (Å²) in [4.78, 5) is 14.6. The summed E-state index contributed by atoms with van der Waals surface area (Å²) in [5, 5.41) is 3.17. The molecule has 1 aromatic rings. The minimum absolute atomic E-state index is 0.142. The Kier molecular flexibility index (Phi) is 4.40. The number of hydrogen-bond acceptors (Lipinski definition) is 2. The lowest BCUT2D eigenvalue weighted by molar-refractivity contribution is 0.0736. The third kappa shape index (κ3) is 2.59. The van der Waals surface area contributed by atoms with Crippen molar-refractivity contribution in [3.05, 3.63) is 33.8 Å². The van der Waals surface area contributed by atoms with E-state index in [4.69, 9.17) is 0 Å². The van der Waals surface area contributed by atoms with Gasteiger partial charge in [0.1, 0.15) is 0 Å². The molecular weight excluding hydrogens is 292 g/mol. The summed E-state index contributed by atoms with van der Waals surface area (Å²) in [7, 11) is 1.93. The molecule has 2 rings (SSSR count). The van der Waals surface area contributed by atoms with Crippen LogP contribution in [-0.4, -0.2) is 37.0 Å². The first kappa shape index (κ1) is 13.6. The van der Waals surface area contributed by atoms with Crippen LogP contribution in [0.2, 0.25) is 0 Å². The Morgan fingerprint density at radius 2 is 2.33 bits per heavy atom. The van der Waals surface area contributed by atoms with E-state index in [1.54, 1.807) is 0 Å². The predicted octanol–water partition coefficient (Wildman–Crippen LogP) is 2.58. The molecule has 0 radical (unpaired) electrons. The number of benzene rings is 1. The molecule has 1 heterocycles. The Bertz CT molecular complexity index is 447. The van der Waals surface area contributed by atoms with E-state index in [-0.39, 0.29) is 5.91 Å². The van der Waals surface area contributed by atoms with Gasteiger partial charge in [-0.1, -0.05) is 12.1 Å². The average molecular weight is 311 g/mol. The number of likely N-dealkylation sites (N-methyl/N-ethyl adjacent to an activating group) is 1. The van der Waals surface area contributed by atoms with Gasteiger partial charge in [-0.3, -0.25) is 4.79 Å². The third-order valence-electron chi connectivity index (χ3n) is 3.50. The molecule has 1 unspecified atom stereocenters. The molecule has 1 saturated heterocycles. The smallest absolute Gasteiger partial charge is 0.255 e. The molecule has 0 aromatic heterocycles. The molecule has 1 aliphatic rings. The van der Waals surface area contributed by atoms with Gasteiger partial charge in [-0.05, 0) is 54.4 Å². The molecule has 18 heavy (non-hydrogen) atoms. The summed E-state index contributed by atoms with van der Waals surface area (Å²) >= 11 is 3.52. The molecule has 4 heteroatoms. The molecule has 1 fully saturated rings. The van der Waals surface area contributed by atoms with Gasteiger partial charge in [0.2, 0.25) is 0 Å². The first-order valence-corrected chi connectivity index (χ1v) is 7.15. The number of carbonyl (C=O) groups is 1. The molecule has 1 atom stereocenters. The second kappa shape index (κ2) is 5.85. The number of nitrogens with zero attached hydrogens (tertiary/aromatic N) is 1. The largest absolute Gasteiger partial charge is 0.334 e. The third-order valence-corrected chi connectivity index (χ3v) is 4.55. The summed E-state index contributed by atoms with van der Waals surface area (Å²) in [6, 6.07) is 6.18. The SMILES string of the molecule is CNCC1CCCN1C(=O)c1cccc(C)c1Br. The monoisotopic (exact) mass is 310 g/mol. The minimum Gasteiger partial charge on any atom is -0.334 e. The standard InChI is InChI=1S/C14H19BrN2O/c1-10-5-3-7-12(13(10)15)14(18)17-8-4-6-11(17)9-16-2/h3,5,7,11,16H,4,6,8-9H2,1-2H3. The van der Waals surface area contributed by atoms with E-state index in [2.05, 4.69) is 21.2 Å². The molecule has 0 spiro atoms. The molecule has 98 valence electrons. The molecule has 1 aliphatic heterocycles. The maximum absolute atomic E-state index is 12.6. The van der Waals surface area contributed by atoms with Crippen molar-refractivity contribution in [3.63, 3.8) is 0 Å². The molecule has 0 aliphatic carbocycles. The fourth-order valence-electron chi connectivity index (χ4n) is 2.52. The van der Waals surface area contributed by atoms with Gasteiger partial charge in [-0.25, -0.2) is 0 Å². The fraction of sp³-hybridized carbons (Fsp3) is 0.500. The van der Waals surface area contributed by atoms with Crippen molar-refractivity contribution in [2.24, 2.45) is 0 Å². The van der Waals surface area contributed by atoms with Crippen LogP contribution in [0.25, 0.3) is 0 Å². The summed E-state index contributed by atoms with van der Waals surface area (Å²) < 4.78 is 0.921. The Morgan fingerprint density at radius 1 is 1.56 bits per heavy atom. The zero-order valence-corrected chi connectivity index (χ0v) is 12.5. The van der Waals surface area contributed by atoms with E-state index in [0.29, 0.717) is 6.04 Å². The van der Waals surface area contributed by atoms with Crippen molar-refractivity contribution in [2.45, 2.75) is 25.8 Å². The van der Waals surface area contributed by atoms with Crippen molar-refractivity contribution in [1.82, 2.24) is 10.2 Å². The van der Waals surface area contributed by atoms with Gasteiger partial charge in [-0.15, -0.1) is 0 Å². The first-order valence-electron chi connectivity index (χ1n) is 6.36. The van der Waals surface area contributed by atoms with Crippen molar-refractivity contribution in [3.8, 4) is 0 Å². The summed E-state index contributed by atoms with van der Waals surface area (Å²) in [5.74, 6) is 0.142. The van der Waals surface area contributed by atoms with E-state index in [0.717, 1.165) is 41.5 Å². The van der Waals surface area contributed by atoms with Crippen LogP contribution < -0.4 is 5.32 Å². The van der Waals surface area contributed by atoms with Crippen LogP contribution in [0.1, 0.15) is 28.8 Å². The number of amides is 1. The predicted molar refractivity (Wildman–Crippen MR) is 76.9 cm³/mol. The quantitative estimate of drug-likeness (QED) is 0.930. The van der Waals surface area contributed by atoms with E-state index >= 15 is 0 Å². The van der Waals surface area contributed by atoms with Crippen LogP contribution in [0, 0.1) is 6.92 Å². The van der Waals surface area contributed by atoms with Crippen LogP contribution >= 0.6 is 15.9 Å². The minimum atomic E-state index is 0.142. The Balaban J connectivity index is 2.23. The Hall–Kier alpha value is -0.870. The normalized spacial score (nSPS) is 19.3. The second-order valence-electron chi connectivity index (χ2n) is 4.79. The van der Waals surface area contributed by atoms with Crippen LogP contribution in [0.15, 0.2) is 22.7 Å². The molecule has 3 nitrogen and oxygen atoms in total. The van der Waals surface area contributed by atoms with Crippen LogP contribution in [0.3, 0.4) is 0 Å². The zero-order valence-electron chi connectivity index (χ0n) is 10.9. The van der Waals surface area contributed by atoms with Gasteiger partial charge < -0.3 is 10.2 Å². The molecule has 1 N–H and O–H groups in total. The second-order valence-corrected chi connectivity index (χ2v) is 5.58. The number of halogens is 1. The summed E-state index contributed by atoms with van der Waals surface area (Å²) in [6.07, 6.45) is 2.19. The number of nitrogens with one attached hydrogen (secondary N) is 1. The Labute approximate surface area is 117 Å². The highest BCUT2D eigenvalue weighted by Gasteiger charge is 2.29. The fourth-order valence-corrected chi connectivity index (χ4v) is 2.95. The first-order chi connectivity index (χ1) is 8.65. The lowest BCUT2D eigenvalue weighted by Gasteiger charge is -2.25. The van der Waals surface area contributed by atoms with E-state index < -0.39 is 0 Å². The van der Waals surface area contributed by atoms with Crippen molar-refractivity contribution >= 4 is 21.8 Å². The lowest BCUT2D eigenvalue weighted by Crippen LogP contribution is -2.41. The maximum Gasteiger partial charge on any atom is 0.255 e. The van der Waals surface area contributed by atoms with Crippen LogP contribution in [0.4, 0.5) is 0 Å². The van der Waals surface area contributed by atoms with Gasteiger partial charge in [0.15, 0.2) is 0 Å². The highest BCUT2D eigenvalue weighted by molar-refractivity contribution is 9.10. The number of hydrogen-bond donors (Lipinski definition) is 1. The van der Waals surface area contributed by atoms with E-state index in [1.165, 1.54) is 0 Å². The number of likely N-dealkylation sites (tertiary alicyclic amines) is 1. The number of rotatable bonds is 3. The highest BCUT2D eigenvalue weighted by Crippen LogP contribution is 2.26. The van der Waals surface area contributed by atoms with E-state index in [1.807, 2.05) is 37.1 Å². The summed E-state index contributed by atoms with van der Waals surface area (Å²) in [5.41, 5.74) is 1.88. The van der Waals surface area contributed by atoms with Crippen molar-refractivity contribution in [2.75, 3.05) is 20.1 Å². The highest BCUT2D eigenvalue weighted by atomic mass is 79.9. The molecule has 1 aromatic carbocycles. The van der Waals surface area contributed by atoms with Crippen molar-refractivity contribution < 1.29 is 4.79 Å². The van der Waals surface area contributed by atoms with Gasteiger partial charge in [0.05, 0.1) is 5.56 Å². The summed E-state index contributed by atoms with van der Waals surface area (Å²) in [6.45, 7) is 3.75. The van der Waals surface area contributed by atoms with Gasteiger partial charge in [0, 0.05) is 23.6 Å². The molecule has 1 amide bonds. The maximum atomic E-state index is 12.6. The van der Waals surface area contributed by atoms with Crippen LogP contribution in [0.5, 0.6) is 0 Å². The van der Waals surface area contributed by atoms with Crippen molar-refractivity contribution in [1.29, 1.82) is 0 Å². The van der Waals surface area contributed by atoms with Gasteiger partial charge in [-0.2, -0.15) is 0 Å². The van der Waals surface area contributed by atoms with Gasteiger partial charge >= 0.3 is 0 Å². The molecular formula is C14H19BrN2O. The zero-order chi connectivity index (χ0) is 13.1. The van der Waals surface area contributed by atoms with E-state index in [9.17, 15) is 4.79 Å². The Morgan fingerprint density at radius 3 is 3.06 bits per heavy atom. The molecule has 0 saturated carbocycles. The van der Waals surface area contributed by atoms with Gasteiger partial charge in [0.25, 0.3) is 5.91 Å².